The lowest BCUT2D eigenvalue weighted by Crippen LogP contribution is -2.62. The molecule has 9 N–H and O–H groups in total. The molecule has 1 saturated heterocycles. The Hall–Kier alpha value is -3.21. The summed E-state index contributed by atoms with van der Waals surface area (Å²) in [6.07, 6.45) is -12.9. The Morgan fingerprint density at radius 2 is 1.58 bits per heavy atom. The van der Waals surface area contributed by atoms with Gasteiger partial charge in [0.15, 0.2) is 23.6 Å². The summed E-state index contributed by atoms with van der Waals surface area (Å²) in [6.45, 7) is 0.915. The normalized spacial score (nSPS) is 32.7. The fourth-order valence-corrected chi connectivity index (χ4v) is 5.40. The van der Waals surface area contributed by atoms with Crippen LogP contribution in [0.3, 0.4) is 0 Å². The molecule has 1 saturated carbocycles. The molecule has 0 aromatic heterocycles. The molecule has 0 spiro atoms. The van der Waals surface area contributed by atoms with Crippen molar-refractivity contribution in [1.82, 2.24) is 0 Å². The highest BCUT2D eigenvalue weighted by atomic mass is 16.7. The maximum Gasteiger partial charge on any atom is 0.187 e. The Balaban J connectivity index is 1.51. The fourth-order valence-electron chi connectivity index (χ4n) is 5.40. The Kier molecular flexibility index (Phi) is 10.4. The maximum atomic E-state index is 12.9. The minimum absolute atomic E-state index is 0.0835. The molecule has 2 aliphatic rings. The third-order valence-electron chi connectivity index (χ3n) is 7.93. The summed E-state index contributed by atoms with van der Waals surface area (Å²) in [4.78, 5) is 12.9. The van der Waals surface area contributed by atoms with Crippen molar-refractivity contribution in [1.29, 1.82) is 0 Å². The largest absolute Gasteiger partial charge is 0.507 e. The third kappa shape index (κ3) is 6.97. The van der Waals surface area contributed by atoms with Gasteiger partial charge >= 0.3 is 0 Å². The standard InChI is InChI=1S/C29H38O14/c1-12-23(35)25(37)27(39)29(41-12)43-28-21(8-14(11-30)24(36)26(28)38)42-15-9-18(33)22(19(34)10-15)16(31)5-3-13-4-6-20(40-2)17(32)7-13/h4,6-7,9-10,12,14,21,23-30,32-39H,3,5,8,11H2,1-2H3. The number of ketones is 1. The van der Waals surface area contributed by atoms with Crippen molar-refractivity contribution < 1.29 is 69.7 Å². The average molecular weight is 611 g/mol. The smallest absolute Gasteiger partial charge is 0.187 e. The van der Waals surface area contributed by atoms with Gasteiger partial charge in [0.1, 0.15) is 59.4 Å². The van der Waals surface area contributed by atoms with Gasteiger partial charge in [-0.25, -0.2) is 0 Å². The fraction of sp³-hybridized carbons (Fsp3) is 0.552. The van der Waals surface area contributed by atoms with Gasteiger partial charge in [-0.1, -0.05) is 6.07 Å². The van der Waals surface area contributed by atoms with E-state index in [2.05, 4.69) is 0 Å². The summed E-state index contributed by atoms with van der Waals surface area (Å²) >= 11 is 0. The minimum atomic E-state index is -1.72. The zero-order valence-electron chi connectivity index (χ0n) is 23.6. The number of ether oxygens (including phenoxy) is 4. The van der Waals surface area contributed by atoms with E-state index in [1.807, 2.05) is 0 Å². The van der Waals surface area contributed by atoms with Crippen molar-refractivity contribution in [3.8, 4) is 28.7 Å². The lowest BCUT2D eigenvalue weighted by molar-refractivity contribution is -0.325. The van der Waals surface area contributed by atoms with Gasteiger partial charge in [-0.2, -0.15) is 0 Å². The second-order valence-corrected chi connectivity index (χ2v) is 10.9. The van der Waals surface area contributed by atoms with E-state index in [9.17, 15) is 50.8 Å². The van der Waals surface area contributed by atoms with E-state index in [0.717, 1.165) is 12.1 Å². The van der Waals surface area contributed by atoms with Crippen LogP contribution >= 0.6 is 0 Å². The Morgan fingerprint density at radius 3 is 2.19 bits per heavy atom. The molecule has 0 bridgehead atoms. The Bertz CT molecular complexity index is 1250. The number of aryl methyl sites for hydroxylation is 1. The number of benzene rings is 2. The lowest BCUT2D eigenvalue weighted by atomic mass is 9.81. The number of hydrogen-bond donors (Lipinski definition) is 9. The van der Waals surface area contributed by atoms with Gasteiger partial charge in [-0.15, -0.1) is 0 Å². The highest BCUT2D eigenvalue weighted by Gasteiger charge is 2.50. The SMILES string of the molecule is COc1ccc(CCC(=O)c2c(O)cc(OC3CC(CO)C(O)C(O)C3OC3OC(C)C(O)C(O)C3O)cc2O)cc1O. The van der Waals surface area contributed by atoms with Gasteiger partial charge in [0, 0.05) is 31.1 Å². The number of phenolic OH excluding ortho intramolecular Hbond substituents is 3. The summed E-state index contributed by atoms with van der Waals surface area (Å²) in [5.41, 5.74) is 0.266. The zero-order valence-corrected chi connectivity index (χ0v) is 23.6. The molecule has 14 heteroatoms. The van der Waals surface area contributed by atoms with Crippen LogP contribution in [0.15, 0.2) is 30.3 Å². The molecular weight excluding hydrogens is 572 g/mol. The number of Topliss-reactive ketones (excluding diaryl/α,β-unsaturated/α-hetero) is 1. The van der Waals surface area contributed by atoms with Crippen molar-refractivity contribution in [3.05, 3.63) is 41.5 Å². The van der Waals surface area contributed by atoms with Crippen LogP contribution in [0.2, 0.25) is 0 Å². The van der Waals surface area contributed by atoms with Crippen molar-refractivity contribution in [2.24, 2.45) is 5.92 Å². The summed E-state index contributed by atoms with van der Waals surface area (Å²) in [5.74, 6) is -2.61. The Morgan fingerprint density at radius 1 is 0.907 bits per heavy atom. The van der Waals surface area contributed by atoms with E-state index in [0.29, 0.717) is 5.56 Å². The van der Waals surface area contributed by atoms with Gasteiger partial charge < -0.3 is 64.9 Å². The predicted molar refractivity (Wildman–Crippen MR) is 146 cm³/mol. The maximum absolute atomic E-state index is 12.9. The van der Waals surface area contributed by atoms with Crippen molar-refractivity contribution in [3.63, 3.8) is 0 Å². The molecule has 10 unspecified atom stereocenters. The van der Waals surface area contributed by atoms with Crippen LogP contribution in [0.5, 0.6) is 28.7 Å². The predicted octanol–water partition coefficient (Wildman–Crippen LogP) is -0.678. The molecule has 14 nitrogen and oxygen atoms in total. The highest BCUT2D eigenvalue weighted by Crippen LogP contribution is 2.38. The molecule has 238 valence electrons. The number of aromatic hydroxyl groups is 3. The van der Waals surface area contributed by atoms with Crippen LogP contribution < -0.4 is 9.47 Å². The molecule has 2 aromatic carbocycles. The Labute approximate surface area is 246 Å². The zero-order chi connectivity index (χ0) is 31.6. The molecule has 4 rings (SSSR count). The quantitative estimate of drug-likeness (QED) is 0.152. The summed E-state index contributed by atoms with van der Waals surface area (Å²) < 4.78 is 22.1. The molecule has 0 radical (unpaired) electrons. The molecule has 10 atom stereocenters. The van der Waals surface area contributed by atoms with Gasteiger partial charge in [-0.05, 0) is 37.5 Å². The molecule has 1 aliphatic carbocycles. The van der Waals surface area contributed by atoms with Gasteiger partial charge in [0.25, 0.3) is 0 Å². The number of hydrogen-bond acceptors (Lipinski definition) is 14. The van der Waals surface area contributed by atoms with Crippen molar-refractivity contribution >= 4 is 5.78 Å². The molecular formula is C29H38O14. The first-order valence-corrected chi connectivity index (χ1v) is 13.8. The van der Waals surface area contributed by atoms with Crippen LogP contribution in [-0.4, -0.2) is 121 Å². The van der Waals surface area contributed by atoms with Gasteiger partial charge in [0.05, 0.1) is 19.3 Å². The average Bonchev–Trinajstić information content (AvgIpc) is 2.96. The van der Waals surface area contributed by atoms with Gasteiger partial charge in [-0.3, -0.25) is 4.79 Å². The van der Waals surface area contributed by atoms with Crippen LogP contribution in [-0.2, 0) is 15.9 Å². The van der Waals surface area contributed by atoms with E-state index in [4.69, 9.17) is 18.9 Å². The van der Waals surface area contributed by atoms with Gasteiger partial charge in [0.2, 0.25) is 0 Å². The number of aliphatic hydroxyl groups excluding tert-OH is 6. The second kappa shape index (κ2) is 13.6. The number of methoxy groups -OCH3 is 1. The van der Waals surface area contributed by atoms with Crippen molar-refractivity contribution in [2.75, 3.05) is 13.7 Å². The first-order chi connectivity index (χ1) is 20.4. The van der Waals surface area contributed by atoms with Crippen LogP contribution in [0, 0.1) is 5.92 Å². The van der Waals surface area contributed by atoms with E-state index in [1.165, 1.54) is 20.1 Å². The number of carbonyl (C=O) groups is 1. The molecule has 2 aromatic rings. The van der Waals surface area contributed by atoms with E-state index >= 15 is 0 Å². The molecule has 2 fully saturated rings. The minimum Gasteiger partial charge on any atom is -0.507 e. The van der Waals surface area contributed by atoms with E-state index in [1.54, 1.807) is 12.1 Å². The first kappa shape index (κ1) is 32.7. The van der Waals surface area contributed by atoms with E-state index < -0.39 is 84.9 Å². The lowest BCUT2D eigenvalue weighted by Gasteiger charge is -2.45. The summed E-state index contributed by atoms with van der Waals surface area (Å²) in [7, 11) is 1.41. The van der Waals surface area contributed by atoms with Crippen LogP contribution in [0.4, 0.5) is 0 Å². The summed E-state index contributed by atoms with van der Waals surface area (Å²) in [5, 5.41) is 92.8. The number of carbonyl (C=O) groups excluding carboxylic acids is 1. The first-order valence-electron chi connectivity index (χ1n) is 13.8. The third-order valence-corrected chi connectivity index (χ3v) is 7.93. The molecule has 0 amide bonds. The number of phenols is 3. The van der Waals surface area contributed by atoms with Crippen LogP contribution in [0.25, 0.3) is 0 Å². The number of aliphatic hydroxyl groups is 6. The monoisotopic (exact) mass is 610 g/mol. The van der Waals surface area contributed by atoms with E-state index in [-0.39, 0.29) is 42.1 Å². The second-order valence-electron chi connectivity index (χ2n) is 10.9. The van der Waals surface area contributed by atoms with Crippen LogP contribution in [0.1, 0.15) is 35.7 Å². The van der Waals surface area contributed by atoms with Crippen molar-refractivity contribution in [2.45, 2.75) is 81.3 Å². The molecule has 1 heterocycles. The topological polar surface area (TPSA) is 236 Å². The summed E-state index contributed by atoms with van der Waals surface area (Å²) in [6, 6.07) is 6.79. The highest BCUT2D eigenvalue weighted by molar-refractivity contribution is 6.01. The molecule has 43 heavy (non-hydrogen) atoms. The number of rotatable bonds is 10. The molecule has 1 aliphatic heterocycles.